The van der Waals surface area contributed by atoms with E-state index in [0.717, 1.165) is 27.2 Å². The van der Waals surface area contributed by atoms with Crippen molar-refractivity contribution in [3.8, 4) is 5.75 Å². The lowest BCUT2D eigenvalue weighted by molar-refractivity contribution is -0.162. The number of anilines is 1. The molecule has 3 aliphatic carbocycles. The van der Waals surface area contributed by atoms with Gasteiger partial charge in [-0.1, -0.05) is 62.4 Å². The zero-order chi connectivity index (χ0) is 28.1. The lowest BCUT2D eigenvalue weighted by atomic mass is 9.55. The highest BCUT2D eigenvalue weighted by atomic mass is 16.5. The largest absolute Gasteiger partial charge is 0.497 e. The minimum absolute atomic E-state index is 0.261. The number of hydrogen-bond donors (Lipinski definition) is 1. The summed E-state index contributed by atoms with van der Waals surface area (Å²) in [6, 6.07) is 21.6. The van der Waals surface area contributed by atoms with Crippen LogP contribution in [0.1, 0.15) is 47.9 Å². The lowest BCUT2D eigenvalue weighted by Gasteiger charge is -2.45. The van der Waals surface area contributed by atoms with E-state index >= 15 is 0 Å². The Morgan fingerprint density at radius 3 is 1.70 bits per heavy atom. The SMILES string of the molecule is COc1ccc(NC(=O)COC(=O)[C@H](C(C)C)N2C(=O)[C@@H]3C4c5ccccc5C(c5ccccc54)[C@@H]3C2=O)cc1. The number of carbonyl (C=O) groups is 4. The second-order valence-electron chi connectivity index (χ2n) is 10.9. The average Bonchev–Trinajstić information content (AvgIpc) is 3.22. The van der Waals surface area contributed by atoms with Gasteiger partial charge in [0.1, 0.15) is 11.8 Å². The second-order valence-corrected chi connectivity index (χ2v) is 10.9. The topological polar surface area (TPSA) is 102 Å². The van der Waals surface area contributed by atoms with Gasteiger partial charge in [-0.05, 0) is 52.4 Å². The summed E-state index contributed by atoms with van der Waals surface area (Å²) >= 11 is 0. The van der Waals surface area contributed by atoms with E-state index in [9.17, 15) is 19.2 Å². The standard InChI is InChI=1S/C32H30N2O6/c1-17(2)29(32(38)40-16-24(35)33-18-12-14-19(39-3)15-13-18)34-30(36)27-25-20-8-4-5-9-21(20)26(28(27)31(34)37)23-11-7-6-10-22(23)25/h4-15,17,25-29H,16H2,1-3H3,(H,33,35)/t25?,26?,27-,28+,29-/m0/s1. The smallest absolute Gasteiger partial charge is 0.330 e. The summed E-state index contributed by atoms with van der Waals surface area (Å²) in [5.74, 6) is -3.48. The fraction of sp³-hybridized carbons (Fsp3) is 0.312. The van der Waals surface area contributed by atoms with Crippen LogP contribution >= 0.6 is 0 Å². The van der Waals surface area contributed by atoms with Crippen LogP contribution in [0.25, 0.3) is 0 Å². The number of amides is 3. The van der Waals surface area contributed by atoms with Crippen molar-refractivity contribution in [1.29, 1.82) is 0 Å². The first kappa shape index (κ1) is 25.8. The number of imide groups is 1. The molecular weight excluding hydrogens is 508 g/mol. The number of ether oxygens (including phenoxy) is 2. The molecule has 3 aromatic rings. The van der Waals surface area contributed by atoms with Gasteiger partial charge in [-0.15, -0.1) is 0 Å². The van der Waals surface area contributed by atoms with Crippen molar-refractivity contribution in [1.82, 2.24) is 4.90 Å². The summed E-state index contributed by atoms with van der Waals surface area (Å²) < 4.78 is 10.5. The van der Waals surface area contributed by atoms with Gasteiger partial charge in [0.05, 0.1) is 18.9 Å². The molecule has 3 atom stereocenters. The molecule has 0 unspecified atom stereocenters. The van der Waals surface area contributed by atoms with Gasteiger partial charge in [0.25, 0.3) is 5.91 Å². The van der Waals surface area contributed by atoms with Crippen molar-refractivity contribution in [3.63, 3.8) is 0 Å². The molecule has 0 spiro atoms. The third-order valence-corrected chi connectivity index (χ3v) is 8.35. The Kier molecular flexibility index (Phi) is 6.41. The molecule has 1 aliphatic heterocycles. The molecule has 3 aromatic carbocycles. The zero-order valence-electron chi connectivity index (χ0n) is 22.5. The Morgan fingerprint density at radius 1 is 0.800 bits per heavy atom. The summed E-state index contributed by atoms with van der Waals surface area (Å²) in [7, 11) is 1.55. The molecular formula is C32H30N2O6. The first-order valence-electron chi connectivity index (χ1n) is 13.5. The predicted molar refractivity (Wildman–Crippen MR) is 147 cm³/mol. The molecule has 8 nitrogen and oxygen atoms in total. The van der Waals surface area contributed by atoms with Crippen molar-refractivity contribution in [2.75, 3.05) is 19.0 Å². The zero-order valence-corrected chi connectivity index (χ0v) is 22.5. The number of nitrogens with one attached hydrogen (secondary N) is 1. The number of methoxy groups -OCH3 is 1. The molecule has 1 fully saturated rings. The fourth-order valence-corrected chi connectivity index (χ4v) is 6.74. The highest BCUT2D eigenvalue weighted by Gasteiger charge is 2.63. The van der Waals surface area contributed by atoms with E-state index in [1.807, 2.05) is 48.5 Å². The van der Waals surface area contributed by atoms with Gasteiger partial charge in [-0.2, -0.15) is 0 Å². The Hall–Kier alpha value is -4.46. The van der Waals surface area contributed by atoms with Crippen molar-refractivity contribution in [2.24, 2.45) is 17.8 Å². The number of likely N-dealkylation sites (tertiary alicyclic amines) is 1. The first-order chi connectivity index (χ1) is 19.3. The Morgan fingerprint density at radius 2 is 1.27 bits per heavy atom. The number of rotatable bonds is 7. The number of carbonyl (C=O) groups excluding carboxylic acids is 4. The Bertz CT molecular complexity index is 1400. The first-order valence-corrected chi connectivity index (χ1v) is 13.5. The summed E-state index contributed by atoms with van der Waals surface area (Å²) in [6.45, 7) is 2.99. The Balaban J connectivity index is 1.24. The minimum atomic E-state index is -1.13. The molecule has 3 amide bonds. The highest BCUT2D eigenvalue weighted by molar-refractivity contribution is 6.10. The van der Waals surface area contributed by atoms with Gasteiger partial charge < -0.3 is 14.8 Å². The third-order valence-electron chi connectivity index (χ3n) is 8.35. The Labute approximate surface area is 232 Å². The maximum absolute atomic E-state index is 14.0. The third kappa shape index (κ3) is 3.97. The molecule has 1 heterocycles. The van der Waals surface area contributed by atoms with Crippen LogP contribution in [0.2, 0.25) is 0 Å². The lowest BCUT2D eigenvalue weighted by Crippen LogP contribution is -2.49. The number of esters is 1. The highest BCUT2D eigenvalue weighted by Crippen LogP contribution is 2.61. The van der Waals surface area contributed by atoms with E-state index in [1.54, 1.807) is 45.2 Å². The maximum Gasteiger partial charge on any atom is 0.330 e. The summed E-state index contributed by atoms with van der Waals surface area (Å²) in [6.07, 6.45) is 0. The van der Waals surface area contributed by atoms with Gasteiger partial charge in [-0.25, -0.2) is 4.79 Å². The quantitative estimate of drug-likeness (QED) is 0.359. The van der Waals surface area contributed by atoms with Crippen LogP contribution in [0, 0.1) is 17.8 Å². The van der Waals surface area contributed by atoms with Crippen molar-refractivity contribution >= 4 is 29.4 Å². The molecule has 0 radical (unpaired) electrons. The van der Waals surface area contributed by atoms with Crippen LogP contribution in [0.15, 0.2) is 72.8 Å². The molecule has 8 heteroatoms. The molecule has 7 rings (SSSR count). The van der Waals surface area contributed by atoms with E-state index in [1.165, 1.54) is 0 Å². The normalized spacial score (nSPS) is 22.9. The molecule has 1 saturated heterocycles. The summed E-state index contributed by atoms with van der Waals surface area (Å²) in [5, 5.41) is 2.67. The van der Waals surface area contributed by atoms with Crippen LogP contribution in [0.3, 0.4) is 0 Å². The van der Waals surface area contributed by atoms with E-state index in [-0.39, 0.29) is 23.7 Å². The van der Waals surface area contributed by atoms with E-state index in [2.05, 4.69) is 5.32 Å². The van der Waals surface area contributed by atoms with Crippen molar-refractivity contribution in [3.05, 3.63) is 95.1 Å². The van der Waals surface area contributed by atoms with Crippen molar-refractivity contribution < 1.29 is 28.7 Å². The molecule has 0 saturated carbocycles. The van der Waals surface area contributed by atoms with Gasteiger partial charge in [0.15, 0.2) is 6.61 Å². The van der Waals surface area contributed by atoms with Gasteiger partial charge >= 0.3 is 5.97 Å². The molecule has 0 aromatic heterocycles. The predicted octanol–water partition coefficient (Wildman–Crippen LogP) is 4.09. The van der Waals surface area contributed by atoms with Gasteiger partial charge in [-0.3, -0.25) is 19.3 Å². The van der Waals surface area contributed by atoms with Crippen LogP contribution in [-0.2, 0) is 23.9 Å². The van der Waals surface area contributed by atoms with Gasteiger partial charge in [0, 0.05) is 17.5 Å². The van der Waals surface area contributed by atoms with Crippen LogP contribution in [0.5, 0.6) is 5.75 Å². The summed E-state index contributed by atoms with van der Waals surface area (Å²) in [5.41, 5.74) is 4.78. The number of nitrogens with zero attached hydrogens (tertiary/aromatic N) is 1. The molecule has 204 valence electrons. The van der Waals surface area contributed by atoms with Gasteiger partial charge in [0.2, 0.25) is 11.8 Å². The van der Waals surface area contributed by atoms with Crippen LogP contribution in [0.4, 0.5) is 5.69 Å². The number of benzene rings is 3. The number of hydrogen-bond acceptors (Lipinski definition) is 6. The molecule has 40 heavy (non-hydrogen) atoms. The van der Waals surface area contributed by atoms with Crippen LogP contribution in [-0.4, -0.2) is 48.3 Å². The second kappa shape index (κ2) is 9.93. The monoisotopic (exact) mass is 538 g/mol. The van der Waals surface area contributed by atoms with E-state index < -0.39 is 42.3 Å². The fourth-order valence-electron chi connectivity index (χ4n) is 6.74. The molecule has 1 N–H and O–H groups in total. The maximum atomic E-state index is 14.0. The molecule has 4 aliphatic rings. The molecule has 2 bridgehead atoms. The van der Waals surface area contributed by atoms with E-state index in [0.29, 0.717) is 11.4 Å². The summed E-state index contributed by atoms with van der Waals surface area (Å²) in [4.78, 5) is 55.1. The van der Waals surface area contributed by atoms with Crippen molar-refractivity contribution in [2.45, 2.75) is 31.7 Å². The van der Waals surface area contributed by atoms with E-state index in [4.69, 9.17) is 9.47 Å². The minimum Gasteiger partial charge on any atom is -0.497 e. The average molecular weight is 539 g/mol. The van der Waals surface area contributed by atoms with Crippen LogP contribution < -0.4 is 10.1 Å².